The average molecular weight is 328 g/mol. The number of nitrogens with one attached hydrogen (secondary N) is 1. The highest BCUT2D eigenvalue weighted by molar-refractivity contribution is 5.86. The molecule has 0 saturated carbocycles. The van der Waals surface area contributed by atoms with Gasteiger partial charge in [-0.15, -0.1) is 0 Å². The van der Waals surface area contributed by atoms with Gasteiger partial charge in [-0.25, -0.2) is 0 Å². The van der Waals surface area contributed by atoms with Crippen molar-refractivity contribution in [3.05, 3.63) is 63.2 Å². The predicted molar refractivity (Wildman–Crippen MR) is 92.2 cm³/mol. The van der Waals surface area contributed by atoms with Crippen molar-refractivity contribution in [3.63, 3.8) is 0 Å². The molecule has 0 aromatic heterocycles. The van der Waals surface area contributed by atoms with Gasteiger partial charge in [-0.1, -0.05) is 24.3 Å². The van der Waals surface area contributed by atoms with Crippen LogP contribution in [0.25, 0.3) is 11.8 Å². The molecule has 6 nitrogen and oxygen atoms in total. The van der Waals surface area contributed by atoms with Gasteiger partial charge in [0.2, 0.25) is 5.75 Å². The highest BCUT2D eigenvalue weighted by Gasteiger charge is 2.25. The molecule has 2 aromatic carbocycles. The summed E-state index contributed by atoms with van der Waals surface area (Å²) in [5, 5.41) is 14.9. The first-order valence-electron chi connectivity index (χ1n) is 7.59. The topological polar surface area (TPSA) is 73.6 Å². The second kappa shape index (κ2) is 6.62. The van der Waals surface area contributed by atoms with E-state index >= 15 is 0 Å². The first-order chi connectivity index (χ1) is 11.7. The normalized spacial score (nSPS) is 14.7. The van der Waals surface area contributed by atoms with Crippen molar-refractivity contribution in [1.29, 1.82) is 0 Å². The number of methoxy groups -OCH3 is 2. The summed E-state index contributed by atoms with van der Waals surface area (Å²) in [6, 6.07) is 11.4. The van der Waals surface area contributed by atoms with Gasteiger partial charge >= 0.3 is 5.69 Å². The number of hydrogen-bond acceptors (Lipinski definition) is 5. The Hall–Kier alpha value is -3.02. The first kappa shape index (κ1) is 15.9. The Kier molecular flexibility index (Phi) is 4.37. The molecule has 3 rings (SSSR count). The lowest BCUT2D eigenvalue weighted by Gasteiger charge is -2.21. The van der Waals surface area contributed by atoms with E-state index < -0.39 is 4.92 Å². The Labute approximate surface area is 139 Å². The highest BCUT2D eigenvalue weighted by atomic mass is 16.6. The van der Waals surface area contributed by atoms with Crippen LogP contribution in [0.15, 0.2) is 36.4 Å². The van der Waals surface area contributed by atoms with Crippen LogP contribution in [0.4, 0.5) is 5.69 Å². The maximum Gasteiger partial charge on any atom is 0.322 e. The van der Waals surface area contributed by atoms with Crippen LogP contribution in [0.5, 0.6) is 11.5 Å². The monoisotopic (exact) mass is 328 g/mol. The number of nitro groups is 1. The van der Waals surface area contributed by atoms with E-state index in [1.54, 1.807) is 18.2 Å². The van der Waals surface area contributed by atoms with Gasteiger partial charge in [0.1, 0.15) is 0 Å². The van der Waals surface area contributed by atoms with Gasteiger partial charge in [-0.05, 0) is 30.2 Å². The summed E-state index contributed by atoms with van der Waals surface area (Å²) in [7, 11) is 2.86. The van der Waals surface area contributed by atoms with Crippen LogP contribution < -0.4 is 14.8 Å². The Morgan fingerprint density at radius 1 is 1.21 bits per heavy atom. The van der Waals surface area contributed by atoms with Crippen molar-refractivity contribution in [2.75, 3.05) is 20.8 Å². The third-order valence-corrected chi connectivity index (χ3v) is 4.05. The number of benzene rings is 2. The van der Waals surface area contributed by atoms with Crippen molar-refractivity contribution >= 4 is 17.5 Å². The molecule has 2 aromatic rings. The van der Waals surface area contributed by atoms with E-state index in [4.69, 9.17) is 9.47 Å². The van der Waals surface area contributed by atoms with Crippen LogP contribution in [0.1, 0.15) is 16.7 Å². The zero-order valence-corrected chi connectivity index (χ0v) is 13.5. The van der Waals surface area contributed by atoms with Gasteiger partial charge in [0, 0.05) is 17.8 Å². The van der Waals surface area contributed by atoms with Crippen molar-refractivity contribution in [2.24, 2.45) is 0 Å². The fourth-order valence-electron chi connectivity index (χ4n) is 2.94. The number of rotatable bonds is 4. The summed E-state index contributed by atoms with van der Waals surface area (Å²) in [5.74, 6) is 0.462. The summed E-state index contributed by atoms with van der Waals surface area (Å²) < 4.78 is 10.4. The molecule has 1 aliphatic rings. The van der Waals surface area contributed by atoms with E-state index in [-0.39, 0.29) is 11.4 Å². The zero-order valence-electron chi connectivity index (χ0n) is 13.5. The molecule has 1 aliphatic heterocycles. The maximum atomic E-state index is 11.6. The van der Waals surface area contributed by atoms with Gasteiger partial charge in [-0.3, -0.25) is 10.1 Å². The molecule has 0 atom stereocenters. The van der Waals surface area contributed by atoms with Crippen LogP contribution in [-0.2, 0) is 6.42 Å². The highest BCUT2D eigenvalue weighted by Crippen LogP contribution is 2.40. The smallest absolute Gasteiger partial charge is 0.322 e. The fourth-order valence-corrected chi connectivity index (χ4v) is 2.94. The summed E-state index contributed by atoms with van der Waals surface area (Å²) in [6.45, 7) is 0.796. The van der Waals surface area contributed by atoms with Crippen LogP contribution in [0, 0.1) is 10.1 Å². The van der Waals surface area contributed by atoms with Crippen molar-refractivity contribution < 1.29 is 14.4 Å². The summed E-state index contributed by atoms with van der Waals surface area (Å²) in [5.41, 5.74) is 3.52. The number of nitrogens with zero attached hydrogens (tertiary/aromatic N) is 1. The van der Waals surface area contributed by atoms with Gasteiger partial charge in [0.05, 0.1) is 24.7 Å². The molecule has 24 heavy (non-hydrogen) atoms. The first-order valence-corrected chi connectivity index (χ1v) is 7.59. The molecule has 1 heterocycles. The minimum absolute atomic E-state index is 0.103. The zero-order chi connectivity index (χ0) is 17.1. The molecule has 0 amide bonds. The second-order valence-corrected chi connectivity index (χ2v) is 5.39. The standard InChI is InChI=1S/C18H18N2O4/c1-23-16-8-7-13(17(20(21)22)18(16)24-2)11-15-14-6-4-3-5-12(14)9-10-19-15/h3-8,11,19H,9-10H2,1-2H3/b15-11+/i15+2. The molecule has 0 spiro atoms. The molecule has 0 aliphatic carbocycles. The lowest BCUT2D eigenvalue weighted by molar-refractivity contribution is -0.386. The van der Waals surface area contributed by atoms with Gasteiger partial charge < -0.3 is 14.8 Å². The Morgan fingerprint density at radius 3 is 2.71 bits per heavy atom. The Balaban J connectivity index is 2.16. The summed E-state index contributed by atoms with van der Waals surface area (Å²) in [6.07, 6.45) is 2.72. The molecule has 6 heteroatoms. The number of hydrogen-bond donors (Lipinski definition) is 1. The number of ether oxygens (including phenoxy) is 2. The van der Waals surface area contributed by atoms with Gasteiger partial charge in [0.15, 0.2) is 5.75 Å². The molecule has 0 saturated heterocycles. The minimum atomic E-state index is -0.442. The van der Waals surface area contributed by atoms with Crippen LogP contribution >= 0.6 is 0 Å². The fraction of sp³-hybridized carbons (Fsp3) is 0.222. The lowest BCUT2D eigenvalue weighted by atomic mass is 10.1. The average Bonchev–Trinajstić information content (AvgIpc) is 2.61. The molecule has 1 N–H and O–H groups in total. The van der Waals surface area contributed by atoms with E-state index in [1.165, 1.54) is 19.8 Å². The van der Waals surface area contributed by atoms with E-state index in [0.717, 1.165) is 24.2 Å². The molecule has 0 fully saturated rings. The van der Waals surface area contributed by atoms with Crippen LogP contribution in [-0.4, -0.2) is 25.7 Å². The SMILES string of the molecule is COc1ccc(/C=[14C]2/NCCc3ccccc32)c([N+](=O)[O-])c1OC. The number of nitro benzene ring substituents is 1. The number of fused-ring (bicyclic) bond motifs is 1. The van der Waals surface area contributed by atoms with E-state index in [0.29, 0.717) is 11.3 Å². The van der Waals surface area contributed by atoms with Crippen LogP contribution in [0.3, 0.4) is 0 Å². The summed E-state index contributed by atoms with van der Waals surface area (Å²) >= 11 is 0. The third kappa shape index (κ3) is 2.78. The van der Waals surface area contributed by atoms with Crippen molar-refractivity contribution in [1.82, 2.24) is 5.32 Å². The minimum Gasteiger partial charge on any atom is -0.493 e. The molecule has 0 unspecified atom stereocenters. The Morgan fingerprint density at radius 2 is 2.00 bits per heavy atom. The van der Waals surface area contributed by atoms with E-state index in [1.807, 2.05) is 18.2 Å². The van der Waals surface area contributed by atoms with Crippen LogP contribution in [0.2, 0.25) is 0 Å². The quantitative estimate of drug-likeness (QED) is 0.689. The summed E-state index contributed by atoms with van der Waals surface area (Å²) in [4.78, 5) is 11.1. The largest absolute Gasteiger partial charge is 0.493 e. The van der Waals surface area contributed by atoms with Crippen molar-refractivity contribution in [3.8, 4) is 11.5 Å². The molecular weight excluding hydrogens is 310 g/mol. The predicted octanol–water partition coefficient (Wildman–Crippen LogP) is 3.26. The second-order valence-electron chi connectivity index (χ2n) is 5.39. The third-order valence-electron chi connectivity index (χ3n) is 4.05. The molecule has 124 valence electrons. The van der Waals surface area contributed by atoms with Gasteiger partial charge in [-0.2, -0.15) is 0 Å². The van der Waals surface area contributed by atoms with Crippen molar-refractivity contribution in [2.45, 2.75) is 6.42 Å². The van der Waals surface area contributed by atoms with E-state index in [9.17, 15) is 10.1 Å². The maximum absolute atomic E-state index is 11.6. The molecule has 0 bridgehead atoms. The Bertz CT molecular complexity index is 815. The lowest BCUT2D eigenvalue weighted by Crippen LogP contribution is -2.22. The van der Waals surface area contributed by atoms with E-state index in [2.05, 4.69) is 11.4 Å². The molecular formula is C18H18N2O4. The molecule has 0 radical (unpaired) electrons. The van der Waals surface area contributed by atoms with Gasteiger partial charge in [0.25, 0.3) is 0 Å².